The average Bonchev–Trinajstić information content (AvgIpc) is 2.01. The van der Waals surface area contributed by atoms with Crippen molar-refractivity contribution in [2.75, 3.05) is 0 Å². The molecule has 15 heavy (non-hydrogen) atoms. The van der Waals surface area contributed by atoms with E-state index in [1.165, 1.54) is 25.7 Å². The highest BCUT2D eigenvalue weighted by Gasteiger charge is 2.29. The zero-order valence-corrected chi connectivity index (χ0v) is 10.3. The Hall–Kier alpha value is -0.570. The number of carboxylic acids is 1. The second kappa shape index (κ2) is 6.11. The maximum absolute atomic E-state index is 9.73. The number of carboxylic acid groups (broad SMARTS) is 1. The molecule has 1 aliphatic carbocycles. The monoisotopic (exact) mass is 216 g/mol. The van der Waals surface area contributed by atoms with Crippen molar-refractivity contribution in [2.45, 2.75) is 59.0 Å². The lowest BCUT2D eigenvalue weighted by molar-refractivity contribution is -0.134. The lowest BCUT2D eigenvalue weighted by atomic mass is 9.75. The first-order valence-corrected chi connectivity index (χ1v) is 5.65. The van der Waals surface area contributed by atoms with E-state index in [4.69, 9.17) is 9.90 Å². The summed E-state index contributed by atoms with van der Waals surface area (Å²) in [5, 5.41) is 17.1. The first-order valence-electron chi connectivity index (χ1n) is 5.65. The minimum Gasteiger partial charge on any atom is -0.481 e. The fourth-order valence-corrected chi connectivity index (χ4v) is 1.97. The number of hydrogen-bond acceptors (Lipinski definition) is 2. The maximum atomic E-state index is 9.73. The van der Waals surface area contributed by atoms with Crippen molar-refractivity contribution in [3.8, 4) is 0 Å². The van der Waals surface area contributed by atoms with Crippen LogP contribution in [-0.4, -0.2) is 21.8 Å². The van der Waals surface area contributed by atoms with Crippen LogP contribution in [0.15, 0.2) is 0 Å². The van der Waals surface area contributed by atoms with Crippen molar-refractivity contribution in [1.82, 2.24) is 0 Å². The molecular formula is C12H24O3. The van der Waals surface area contributed by atoms with Gasteiger partial charge in [0.2, 0.25) is 0 Å². The van der Waals surface area contributed by atoms with Crippen molar-refractivity contribution in [2.24, 2.45) is 11.8 Å². The molecule has 0 bridgehead atoms. The summed E-state index contributed by atoms with van der Waals surface area (Å²) in [5.74, 6) is 0.590. The Morgan fingerprint density at radius 3 is 1.80 bits per heavy atom. The van der Waals surface area contributed by atoms with E-state index in [1.54, 1.807) is 0 Å². The standard InChI is InChI=1S/C10H20O.C2H4O2/c1-8-4-6-9(7-5-8)10(2,3)11;1-2(3)4/h8-9,11H,4-7H2,1-3H3;1H3,(H,3,4). The van der Waals surface area contributed by atoms with Crippen molar-refractivity contribution in [3.63, 3.8) is 0 Å². The Balaban J connectivity index is 0.000000423. The first-order chi connectivity index (χ1) is 6.73. The van der Waals surface area contributed by atoms with Crippen molar-refractivity contribution >= 4 is 5.97 Å². The number of hydrogen-bond donors (Lipinski definition) is 2. The molecule has 90 valence electrons. The maximum Gasteiger partial charge on any atom is 0.300 e. The minimum absolute atomic E-state index is 0.444. The summed E-state index contributed by atoms with van der Waals surface area (Å²) in [4.78, 5) is 9.00. The van der Waals surface area contributed by atoms with Gasteiger partial charge >= 0.3 is 0 Å². The van der Waals surface area contributed by atoms with Crippen LogP contribution in [0.4, 0.5) is 0 Å². The van der Waals surface area contributed by atoms with Gasteiger partial charge in [-0.25, -0.2) is 0 Å². The molecule has 1 aliphatic rings. The van der Waals surface area contributed by atoms with Gasteiger partial charge in [0.15, 0.2) is 0 Å². The van der Waals surface area contributed by atoms with E-state index in [9.17, 15) is 5.11 Å². The first kappa shape index (κ1) is 14.4. The van der Waals surface area contributed by atoms with Crippen LogP contribution in [0.1, 0.15) is 53.4 Å². The molecule has 0 heterocycles. The van der Waals surface area contributed by atoms with Gasteiger partial charge in [-0.3, -0.25) is 4.79 Å². The molecule has 0 radical (unpaired) electrons. The smallest absolute Gasteiger partial charge is 0.300 e. The molecule has 3 heteroatoms. The van der Waals surface area contributed by atoms with Gasteiger partial charge in [0.05, 0.1) is 5.60 Å². The summed E-state index contributed by atoms with van der Waals surface area (Å²) in [6.45, 7) is 7.27. The third-order valence-electron chi connectivity index (χ3n) is 3.01. The van der Waals surface area contributed by atoms with Crippen LogP contribution in [0, 0.1) is 11.8 Å². The van der Waals surface area contributed by atoms with Gasteiger partial charge in [-0.2, -0.15) is 0 Å². The molecule has 0 aromatic heterocycles. The Labute approximate surface area is 92.5 Å². The Morgan fingerprint density at radius 1 is 1.20 bits per heavy atom. The third-order valence-corrected chi connectivity index (χ3v) is 3.01. The van der Waals surface area contributed by atoms with Crippen molar-refractivity contribution < 1.29 is 15.0 Å². The fourth-order valence-electron chi connectivity index (χ4n) is 1.97. The second-order valence-electron chi connectivity index (χ2n) is 5.13. The molecular weight excluding hydrogens is 192 g/mol. The SMILES string of the molecule is CC(=O)O.CC1CCC(C(C)(C)O)CC1. The number of rotatable bonds is 1. The predicted octanol–water partition coefficient (Wildman–Crippen LogP) is 2.67. The molecule has 0 aromatic carbocycles. The molecule has 1 fully saturated rings. The van der Waals surface area contributed by atoms with Gasteiger partial charge in [0.25, 0.3) is 5.97 Å². The highest BCUT2D eigenvalue weighted by molar-refractivity contribution is 5.62. The van der Waals surface area contributed by atoms with Crippen LogP contribution in [0.2, 0.25) is 0 Å². The summed E-state index contributed by atoms with van der Waals surface area (Å²) >= 11 is 0. The van der Waals surface area contributed by atoms with Gasteiger partial charge in [-0.1, -0.05) is 19.8 Å². The van der Waals surface area contributed by atoms with Gasteiger partial charge in [0.1, 0.15) is 0 Å². The van der Waals surface area contributed by atoms with E-state index in [0.29, 0.717) is 5.92 Å². The van der Waals surface area contributed by atoms with Gasteiger partial charge in [-0.15, -0.1) is 0 Å². The van der Waals surface area contributed by atoms with E-state index in [1.807, 2.05) is 13.8 Å². The highest BCUT2D eigenvalue weighted by Crippen LogP contribution is 2.34. The molecule has 0 aliphatic heterocycles. The Bertz CT molecular complexity index is 182. The molecule has 0 atom stereocenters. The molecule has 1 rings (SSSR count). The van der Waals surface area contributed by atoms with Crippen LogP contribution >= 0.6 is 0 Å². The fraction of sp³-hybridized carbons (Fsp3) is 0.917. The van der Waals surface area contributed by atoms with Gasteiger partial charge in [0, 0.05) is 6.92 Å². The summed E-state index contributed by atoms with van der Waals surface area (Å²) in [6, 6.07) is 0. The molecule has 0 spiro atoms. The molecule has 2 N–H and O–H groups in total. The largest absolute Gasteiger partial charge is 0.481 e. The molecule has 0 saturated heterocycles. The van der Waals surface area contributed by atoms with E-state index in [-0.39, 0.29) is 0 Å². The minimum atomic E-state index is -0.833. The average molecular weight is 216 g/mol. The quantitative estimate of drug-likeness (QED) is 0.708. The molecule has 0 unspecified atom stereocenters. The molecule has 3 nitrogen and oxygen atoms in total. The van der Waals surface area contributed by atoms with Crippen LogP contribution in [0.3, 0.4) is 0 Å². The van der Waals surface area contributed by atoms with Gasteiger partial charge < -0.3 is 10.2 Å². The highest BCUT2D eigenvalue weighted by atomic mass is 16.4. The normalized spacial score (nSPS) is 26.5. The van der Waals surface area contributed by atoms with Crippen LogP contribution in [-0.2, 0) is 4.79 Å². The lowest BCUT2D eigenvalue weighted by Gasteiger charge is -2.34. The number of aliphatic carboxylic acids is 1. The van der Waals surface area contributed by atoms with E-state index >= 15 is 0 Å². The molecule has 0 aromatic rings. The van der Waals surface area contributed by atoms with E-state index in [2.05, 4.69) is 6.92 Å². The van der Waals surface area contributed by atoms with Crippen molar-refractivity contribution in [3.05, 3.63) is 0 Å². The summed E-state index contributed by atoms with van der Waals surface area (Å²) < 4.78 is 0. The zero-order valence-electron chi connectivity index (χ0n) is 10.3. The van der Waals surface area contributed by atoms with E-state index in [0.717, 1.165) is 12.8 Å². The Morgan fingerprint density at radius 2 is 1.53 bits per heavy atom. The van der Waals surface area contributed by atoms with Crippen LogP contribution in [0.25, 0.3) is 0 Å². The third kappa shape index (κ3) is 7.37. The second-order valence-corrected chi connectivity index (χ2v) is 5.13. The summed E-state index contributed by atoms with van der Waals surface area (Å²) in [5.41, 5.74) is -0.444. The lowest BCUT2D eigenvalue weighted by Crippen LogP contribution is -2.33. The molecule has 0 amide bonds. The predicted molar refractivity (Wildman–Crippen MR) is 60.7 cm³/mol. The van der Waals surface area contributed by atoms with Gasteiger partial charge in [-0.05, 0) is 38.5 Å². The number of carbonyl (C=O) groups is 1. The van der Waals surface area contributed by atoms with E-state index < -0.39 is 11.6 Å². The topological polar surface area (TPSA) is 57.5 Å². The summed E-state index contributed by atoms with van der Waals surface area (Å²) in [7, 11) is 0. The summed E-state index contributed by atoms with van der Waals surface area (Å²) in [6.07, 6.45) is 5.03. The Kier molecular flexibility index (Phi) is 5.88. The van der Waals surface area contributed by atoms with Crippen LogP contribution < -0.4 is 0 Å². The zero-order chi connectivity index (χ0) is 12.1. The van der Waals surface area contributed by atoms with Crippen LogP contribution in [0.5, 0.6) is 0 Å². The van der Waals surface area contributed by atoms with Crippen molar-refractivity contribution in [1.29, 1.82) is 0 Å². The number of aliphatic hydroxyl groups is 1. The molecule has 1 saturated carbocycles.